The van der Waals surface area contributed by atoms with Crippen molar-refractivity contribution in [1.82, 2.24) is 4.98 Å². The van der Waals surface area contributed by atoms with Gasteiger partial charge in [-0.05, 0) is 72.8 Å². The van der Waals surface area contributed by atoms with Gasteiger partial charge in [-0.15, -0.1) is 0 Å². The van der Waals surface area contributed by atoms with Crippen LogP contribution in [0.4, 0.5) is 40.4 Å². The largest absolute Gasteiger partial charge is 0.446 e. The summed E-state index contributed by atoms with van der Waals surface area (Å²) in [6.07, 6.45) is 1.42. The predicted octanol–water partition coefficient (Wildman–Crippen LogP) is 5.73. The first kappa shape index (κ1) is 21.4. The van der Waals surface area contributed by atoms with E-state index in [-0.39, 0.29) is 28.0 Å². The summed E-state index contributed by atoms with van der Waals surface area (Å²) >= 11 is -0.209. The summed E-state index contributed by atoms with van der Waals surface area (Å²) in [5, 5.41) is 5.82. The fraction of sp³-hybridized carbons (Fsp3) is 0.100. The number of thioether (sulfide) groups is 1. The summed E-state index contributed by atoms with van der Waals surface area (Å²) in [5.74, 6) is -1.04. The second kappa shape index (κ2) is 8.62. The molecule has 0 aliphatic carbocycles. The van der Waals surface area contributed by atoms with Gasteiger partial charge < -0.3 is 16.4 Å². The number of aryl methyl sites for hydroxylation is 1. The quantitative estimate of drug-likeness (QED) is 0.340. The molecule has 1 aromatic heterocycles. The van der Waals surface area contributed by atoms with Gasteiger partial charge in [0, 0.05) is 16.3 Å². The fourth-order valence-electron chi connectivity index (χ4n) is 2.67. The molecule has 3 aromatic rings. The minimum Gasteiger partial charge on any atom is -0.365 e. The van der Waals surface area contributed by atoms with Crippen LogP contribution in [0.15, 0.2) is 59.6 Å². The van der Waals surface area contributed by atoms with E-state index in [4.69, 9.17) is 5.73 Å². The molecule has 0 atom stereocenters. The van der Waals surface area contributed by atoms with Gasteiger partial charge in [0.1, 0.15) is 11.6 Å². The maximum absolute atomic E-state index is 13.6. The molecule has 0 aliphatic rings. The van der Waals surface area contributed by atoms with Crippen molar-refractivity contribution in [2.75, 3.05) is 10.6 Å². The van der Waals surface area contributed by atoms with Crippen LogP contribution in [0.2, 0.25) is 0 Å². The minimum atomic E-state index is -4.36. The molecule has 0 fully saturated rings. The molecule has 0 unspecified atom stereocenters. The minimum absolute atomic E-state index is 0.0499. The number of carbonyl (C=O) groups is 1. The van der Waals surface area contributed by atoms with Gasteiger partial charge >= 0.3 is 5.51 Å². The molecule has 30 heavy (non-hydrogen) atoms. The molecule has 1 amide bonds. The summed E-state index contributed by atoms with van der Waals surface area (Å²) in [6.45, 7) is 1.72. The molecule has 1 heterocycles. The van der Waals surface area contributed by atoms with Crippen molar-refractivity contribution in [2.24, 2.45) is 5.73 Å². The third-order valence-corrected chi connectivity index (χ3v) is 4.57. The summed E-state index contributed by atoms with van der Waals surface area (Å²) in [5.41, 5.74) is 3.13. The SMILES string of the molecule is Cc1cc(F)cc(Nc2ncc(Nc3ccc(SC(F)(F)F)cc3)cc2C(N)=O)c1. The lowest BCUT2D eigenvalue weighted by Gasteiger charge is -2.13. The smallest absolute Gasteiger partial charge is 0.365 e. The molecule has 0 aliphatic heterocycles. The van der Waals surface area contributed by atoms with Gasteiger partial charge in [0.15, 0.2) is 0 Å². The summed E-state index contributed by atoms with van der Waals surface area (Å²) < 4.78 is 50.8. The number of aromatic nitrogens is 1. The number of anilines is 4. The lowest BCUT2D eigenvalue weighted by atomic mass is 10.2. The Morgan fingerprint density at radius 1 is 1.00 bits per heavy atom. The molecule has 10 heteroatoms. The van der Waals surface area contributed by atoms with Crippen LogP contribution < -0.4 is 16.4 Å². The number of hydrogen-bond acceptors (Lipinski definition) is 5. The van der Waals surface area contributed by atoms with E-state index in [0.29, 0.717) is 22.6 Å². The number of benzene rings is 2. The molecule has 156 valence electrons. The number of primary amides is 1. The van der Waals surface area contributed by atoms with Crippen molar-refractivity contribution in [3.8, 4) is 0 Å². The van der Waals surface area contributed by atoms with Crippen molar-refractivity contribution in [1.29, 1.82) is 0 Å². The maximum atomic E-state index is 13.6. The molecule has 5 nitrogen and oxygen atoms in total. The maximum Gasteiger partial charge on any atom is 0.446 e. The van der Waals surface area contributed by atoms with Crippen LogP contribution in [0.5, 0.6) is 0 Å². The summed E-state index contributed by atoms with van der Waals surface area (Å²) in [4.78, 5) is 16.1. The van der Waals surface area contributed by atoms with Gasteiger partial charge in [-0.25, -0.2) is 9.37 Å². The van der Waals surface area contributed by atoms with Gasteiger partial charge in [0.2, 0.25) is 0 Å². The Morgan fingerprint density at radius 2 is 1.70 bits per heavy atom. The van der Waals surface area contributed by atoms with Crippen molar-refractivity contribution in [3.05, 3.63) is 71.7 Å². The molecular formula is C20H16F4N4OS. The molecule has 0 saturated heterocycles. The van der Waals surface area contributed by atoms with Gasteiger partial charge in [-0.3, -0.25) is 4.79 Å². The Balaban J connectivity index is 1.80. The average Bonchev–Trinajstić information content (AvgIpc) is 2.62. The van der Waals surface area contributed by atoms with Crippen LogP contribution in [0.3, 0.4) is 0 Å². The number of halogens is 4. The van der Waals surface area contributed by atoms with E-state index in [9.17, 15) is 22.4 Å². The lowest BCUT2D eigenvalue weighted by Crippen LogP contribution is -2.15. The van der Waals surface area contributed by atoms with Crippen molar-refractivity contribution < 1.29 is 22.4 Å². The first-order chi connectivity index (χ1) is 14.1. The zero-order valence-electron chi connectivity index (χ0n) is 15.5. The number of pyridine rings is 1. The highest BCUT2D eigenvalue weighted by Crippen LogP contribution is 2.37. The second-order valence-electron chi connectivity index (χ2n) is 6.32. The molecule has 0 spiro atoms. The Hall–Kier alpha value is -3.27. The second-order valence-corrected chi connectivity index (χ2v) is 7.46. The van der Waals surface area contributed by atoms with Crippen LogP contribution in [-0.4, -0.2) is 16.4 Å². The fourth-order valence-corrected chi connectivity index (χ4v) is 3.21. The number of rotatable bonds is 6. The number of alkyl halides is 3. The topological polar surface area (TPSA) is 80.0 Å². The van der Waals surface area contributed by atoms with Crippen molar-refractivity contribution in [3.63, 3.8) is 0 Å². The number of hydrogen-bond donors (Lipinski definition) is 3. The number of carbonyl (C=O) groups excluding carboxylic acids is 1. The van der Waals surface area contributed by atoms with E-state index in [1.165, 1.54) is 48.7 Å². The van der Waals surface area contributed by atoms with Crippen LogP contribution in [0.25, 0.3) is 0 Å². The van der Waals surface area contributed by atoms with Crippen LogP contribution in [0, 0.1) is 12.7 Å². The van der Waals surface area contributed by atoms with Crippen LogP contribution >= 0.6 is 11.8 Å². The van der Waals surface area contributed by atoms with E-state index < -0.39 is 17.2 Å². The monoisotopic (exact) mass is 436 g/mol. The first-order valence-electron chi connectivity index (χ1n) is 8.56. The third-order valence-electron chi connectivity index (χ3n) is 3.83. The predicted molar refractivity (Wildman–Crippen MR) is 109 cm³/mol. The standard InChI is InChI=1S/C20H16F4N4OS/c1-11-6-12(21)8-14(7-11)28-19-17(18(25)29)9-15(10-26-19)27-13-2-4-16(5-3-13)30-20(22,23)24/h2-10,27H,1H3,(H2,25,29)(H,26,28). The number of nitrogens with one attached hydrogen (secondary N) is 2. The first-order valence-corrected chi connectivity index (χ1v) is 9.37. The Labute approximate surface area is 173 Å². The van der Waals surface area contributed by atoms with Crippen molar-refractivity contribution >= 4 is 40.5 Å². The third kappa shape index (κ3) is 5.86. The van der Waals surface area contributed by atoms with E-state index in [1.807, 2.05) is 0 Å². The Morgan fingerprint density at radius 3 is 2.30 bits per heavy atom. The molecule has 0 bridgehead atoms. The number of amides is 1. The average molecular weight is 436 g/mol. The number of nitrogens with zero attached hydrogens (tertiary/aromatic N) is 1. The van der Waals surface area contributed by atoms with E-state index in [0.717, 1.165) is 0 Å². The number of nitrogens with two attached hydrogens (primary N) is 1. The highest BCUT2D eigenvalue weighted by atomic mass is 32.2. The van der Waals surface area contributed by atoms with E-state index >= 15 is 0 Å². The van der Waals surface area contributed by atoms with Gasteiger partial charge in [0.05, 0.1) is 17.4 Å². The summed E-state index contributed by atoms with van der Waals surface area (Å²) in [6, 6.07) is 11.3. The Bertz CT molecular complexity index is 1050. The highest BCUT2D eigenvalue weighted by molar-refractivity contribution is 8.00. The van der Waals surface area contributed by atoms with Gasteiger partial charge in [-0.1, -0.05) is 0 Å². The van der Waals surface area contributed by atoms with E-state index in [2.05, 4.69) is 15.6 Å². The normalized spacial score (nSPS) is 11.2. The molecule has 0 radical (unpaired) electrons. The van der Waals surface area contributed by atoms with Gasteiger partial charge in [0.25, 0.3) is 5.91 Å². The summed E-state index contributed by atoms with van der Waals surface area (Å²) in [7, 11) is 0. The van der Waals surface area contributed by atoms with Gasteiger partial charge in [-0.2, -0.15) is 13.2 Å². The van der Waals surface area contributed by atoms with Crippen LogP contribution in [-0.2, 0) is 0 Å². The van der Waals surface area contributed by atoms with Crippen molar-refractivity contribution in [2.45, 2.75) is 17.3 Å². The Kier molecular flexibility index (Phi) is 6.16. The molecule has 3 rings (SSSR count). The molecule has 4 N–H and O–H groups in total. The zero-order valence-corrected chi connectivity index (χ0v) is 16.4. The zero-order chi connectivity index (χ0) is 21.9. The molecule has 2 aromatic carbocycles. The lowest BCUT2D eigenvalue weighted by molar-refractivity contribution is -0.0328. The highest BCUT2D eigenvalue weighted by Gasteiger charge is 2.29. The van der Waals surface area contributed by atoms with E-state index in [1.54, 1.807) is 13.0 Å². The molecular weight excluding hydrogens is 420 g/mol. The van der Waals surface area contributed by atoms with Crippen LogP contribution in [0.1, 0.15) is 15.9 Å². The molecule has 0 saturated carbocycles.